The Morgan fingerprint density at radius 2 is 1.73 bits per heavy atom. The van der Waals surface area contributed by atoms with Crippen LogP contribution in [0.2, 0.25) is 5.02 Å². The average Bonchev–Trinajstić information content (AvgIpc) is 3.16. The maximum Gasteiger partial charge on any atom is 0.246 e. The Morgan fingerprint density at radius 3 is 2.37 bits per heavy atom. The number of amides is 1. The van der Waals surface area contributed by atoms with E-state index >= 15 is 0 Å². The molecule has 0 saturated heterocycles. The van der Waals surface area contributed by atoms with Crippen molar-refractivity contribution in [3.8, 4) is 11.4 Å². The first kappa shape index (κ1) is 21.9. The van der Waals surface area contributed by atoms with Gasteiger partial charge in [0.25, 0.3) is 0 Å². The quantitative estimate of drug-likeness (QED) is 0.551. The second-order valence-electron chi connectivity index (χ2n) is 6.78. The van der Waals surface area contributed by atoms with E-state index < -0.39 is 22.0 Å². The van der Waals surface area contributed by atoms with Gasteiger partial charge in [-0.05, 0) is 17.7 Å². The molecular formula is C20H21ClN4O4S. The molecule has 0 spiro atoms. The molecule has 0 unspecified atom stereocenters. The average molecular weight is 449 g/mol. The zero-order chi connectivity index (χ0) is 21.9. The Hall–Kier alpha value is -2.75. The van der Waals surface area contributed by atoms with Crippen LogP contribution in [0.1, 0.15) is 17.5 Å². The van der Waals surface area contributed by atoms with E-state index in [-0.39, 0.29) is 12.4 Å². The predicted octanol–water partition coefficient (Wildman–Crippen LogP) is 2.98. The van der Waals surface area contributed by atoms with Gasteiger partial charge < -0.3 is 9.42 Å². The SMILES string of the molecule is CN(Cc1nc(-c2ccccc2Cl)no1)C(=O)[C@@H](c1ccccc1)N(C)S(C)(=O)=O. The summed E-state index contributed by atoms with van der Waals surface area (Å²) >= 11 is 6.16. The largest absolute Gasteiger partial charge is 0.337 e. The fourth-order valence-corrected chi connectivity index (χ4v) is 3.71. The lowest BCUT2D eigenvalue weighted by Gasteiger charge is -2.29. The molecule has 0 aliphatic heterocycles. The predicted molar refractivity (Wildman–Crippen MR) is 113 cm³/mol. The van der Waals surface area contributed by atoms with Gasteiger partial charge in [-0.3, -0.25) is 4.79 Å². The topological polar surface area (TPSA) is 96.6 Å². The van der Waals surface area contributed by atoms with E-state index in [0.29, 0.717) is 22.0 Å². The van der Waals surface area contributed by atoms with E-state index in [1.807, 2.05) is 0 Å². The van der Waals surface area contributed by atoms with Crippen molar-refractivity contribution in [1.29, 1.82) is 0 Å². The third kappa shape index (κ3) is 4.86. The van der Waals surface area contributed by atoms with Crippen LogP contribution in [0.3, 0.4) is 0 Å². The normalized spacial score (nSPS) is 12.7. The molecule has 1 heterocycles. The second-order valence-corrected chi connectivity index (χ2v) is 9.23. The molecule has 0 saturated carbocycles. The van der Waals surface area contributed by atoms with Gasteiger partial charge in [0.2, 0.25) is 27.6 Å². The van der Waals surface area contributed by atoms with E-state index in [1.54, 1.807) is 61.6 Å². The van der Waals surface area contributed by atoms with Crippen LogP contribution >= 0.6 is 11.6 Å². The second kappa shape index (κ2) is 8.95. The number of sulfonamides is 1. The minimum Gasteiger partial charge on any atom is -0.337 e. The summed E-state index contributed by atoms with van der Waals surface area (Å²) in [5.41, 5.74) is 1.17. The van der Waals surface area contributed by atoms with Crippen molar-refractivity contribution in [2.24, 2.45) is 0 Å². The third-order valence-electron chi connectivity index (χ3n) is 4.57. The number of benzene rings is 2. The Morgan fingerprint density at radius 1 is 1.10 bits per heavy atom. The molecular weight excluding hydrogens is 428 g/mol. The molecule has 0 bridgehead atoms. The van der Waals surface area contributed by atoms with Gasteiger partial charge in [-0.25, -0.2) is 8.42 Å². The summed E-state index contributed by atoms with van der Waals surface area (Å²) in [6, 6.07) is 14.8. The highest BCUT2D eigenvalue weighted by Crippen LogP contribution is 2.26. The van der Waals surface area contributed by atoms with Gasteiger partial charge >= 0.3 is 0 Å². The summed E-state index contributed by atoms with van der Waals surface area (Å²) in [7, 11) is -0.693. The van der Waals surface area contributed by atoms with E-state index in [0.717, 1.165) is 10.6 Å². The molecule has 0 radical (unpaired) electrons. The number of likely N-dealkylation sites (N-methyl/N-ethyl adjacent to an activating group) is 2. The molecule has 3 aromatic rings. The zero-order valence-electron chi connectivity index (χ0n) is 16.7. The van der Waals surface area contributed by atoms with Crippen LogP contribution in [-0.2, 0) is 21.4 Å². The fraction of sp³-hybridized carbons (Fsp3) is 0.250. The van der Waals surface area contributed by atoms with Gasteiger partial charge in [0.15, 0.2) is 0 Å². The van der Waals surface area contributed by atoms with Crippen molar-refractivity contribution in [3.63, 3.8) is 0 Å². The van der Waals surface area contributed by atoms with E-state index in [9.17, 15) is 13.2 Å². The number of halogens is 1. The van der Waals surface area contributed by atoms with Crippen LogP contribution in [0.5, 0.6) is 0 Å². The Labute approximate surface area is 180 Å². The number of hydrogen-bond acceptors (Lipinski definition) is 6. The van der Waals surface area contributed by atoms with Gasteiger partial charge in [0, 0.05) is 19.7 Å². The lowest BCUT2D eigenvalue weighted by atomic mass is 10.1. The Bertz CT molecular complexity index is 1130. The standard InChI is InChI=1S/C20H21ClN4O4S/c1-24(13-17-22-19(23-29-17)15-11-7-8-12-16(15)21)20(26)18(25(2)30(3,27)28)14-9-5-4-6-10-14/h4-12,18H,13H2,1-3H3/t18-/m1/s1. The van der Waals surface area contributed by atoms with Crippen LogP contribution in [-0.4, -0.2) is 54.0 Å². The first-order valence-corrected chi connectivity index (χ1v) is 11.2. The highest BCUT2D eigenvalue weighted by molar-refractivity contribution is 7.88. The van der Waals surface area contributed by atoms with Crippen LogP contribution < -0.4 is 0 Å². The summed E-state index contributed by atoms with van der Waals surface area (Å²) in [5, 5.41) is 4.40. The minimum atomic E-state index is -3.62. The third-order valence-corrected chi connectivity index (χ3v) is 6.15. The van der Waals surface area contributed by atoms with Crippen molar-refractivity contribution >= 4 is 27.5 Å². The lowest BCUT2D eigenvalue weighted by molar-refractivity contribution is -0.134. The summed E-state index contributed by atoms with van der Waals surface area (Å²) in [6.07, 6.45) is 1.06. The van der Waals surface area contributed by atoms with Crippen molar-refractivity contribution in [2.75, 3.05) is 20.4 Å². The minimum absolute atomic E-state index is 0.0111. The number of hydrogen-bond donors (Lipinski definition) is 0. The van der Waals surface area contributed by atoms with E-state index in [4.69, 9.17) is 16.1 Å². The highest BCUT2D eigenvalue weighted by Gasteiger charge is 2.33. The summed E-state index contributed by atoms with van der Waals surface area (Å²) < 4.78 is 30.6. The smallest absolute Gasteiger partial charge is 0.246 e. The molecule has 10 heteroatoms. The monoisotopic (exact) mass is 448 g/mol. The maximum atomic E-state index is 13.2. The van der Waals surface area contributed by atoms with Crippen LogP contribution in [0.25, 0.3) is 11.4 Å². The maximum absolute atomic E-state index is 13.2. The van der Waals surface area contributed by atoms with Gasteiger partial charge in [-0.15, -0.1) is 0 Å². The number of carbonyl (C=O) groups excluding carboxylic acids is 1. The highest BCUT2D eigenvalue weighted by atomic mass is 35.5. The molecule has 158 valence electrons. The molecule has 0 fully saturated rings. The summed E-state index contributed by atoms with van der Waals surface area (Å²) in [6.45, 7) is 0.0111. The molecule has 30 heavy (non-hydrogen) atoms. The van der Waals surface area contributed by atoms with E-state index in [1.165, 1.54) is 11.9 Å². The zero-order valence-corrected chi connectivity index (χ0v) is 18.3. The molecule has 0 aliphatic carbocycles. The van der Waals surface area contributed by atoms with E-state index in [2.05, 4.69) is 10.1 Å². The van der Waals surface area contributed by atoms with Crippen molar-refractivity contribution < 1.29 is 17.7 Å². The number of rotatable bonds is 7. The molecule has 2 aromatic carbocycles. The molecule has 1 amide bonds. The van der Waals surface area contributed by atoms with Gasteiger partial charge in [-0.2, -0.15) is 9.29 Å². The number of nitrogens with zero attached hydrogens (tertiary/aromatic N) is 4. The first-order chi connectivity index (χ1) is 14.2. The molecule has 3 rings (SSSR count). The van der Waals surface area contributed by atoms with Crippen molar-refractivity contribution in [3.05, 3.63) is 71.1 Å². The molecule has 0 N–H and O–H groups in total. The molecule has 1 atom stereocenters. The summed E-state index contributed by atoms with van der Waals surface area (Å²) in [4.78, 5) is 18.8. The van der Waals surface area contributed by atoms with Gasteiger partial charge in [0.05, 0.1) is 17.8 Å². The van der Waals surface area contributed by atoms with Crippen molar-refractivity contribution in [1.82, 2.24) is 19.3 Å². The number of carbonyl (C=O) groups is 1. The molecule has 1 aromatic heterocycles. The summed E-state index contributed by atoms with van der Waals surface area (Å²) in [5.74, 6) is 0.0884. The number of aromatic nitrogens is 2. The van der Waals surface area contributed by atoms with Crippen LogP contribution in [0.4, 0.5) is 0 Å². The van der Waals surface area contributed by atoms with Gasteiger partial charge in [-0.1, -0.05) is 59.2 Å². The van der Waals surface area contributed by atoms with Gasteiger partial charge in [0.1, 0.15) is 6.04 Å². The lowest BCUT2D eigenvalue weighted by Crippen LogP contribution is -2.41. The molecule has 0 aliphatic rings. The van der Waals surface area contributed by atoms with Crippen molar-refractivity contribution in [2.45, 2.75) is 12.6 Å². The van der Waals surface area contributed by atoms with Crippen LogP contribution in [0.15, 0.2) is 59.1 Å². The van der Waals surface area contributed by atoms with Crippen LogP contribution in [0, 0.1) is 0 Å². The Balaban J connectivity index is 1.84. The Kier molecular flexibility index (Phi) is 6.55. The first-order valence-electron chi connectivity index (χ1n) is 8.99. The fourth-order valence-electron chi connectivity index (χ4n) is 2.90. The molecule has 8 nitrogen and oxygen atoms in total.